The Balaban J connectivity index is 2.04. The Labute approximate surface area is 144 Å². The predicted molar refractivity (Wildman–Crippen MR) is 88.1 cm³/mol. The van der Waals surface area contributed by atoms with E-state index >= 15 is 0 Å². The average Bonchev–Trinajstić information content (AvgIpc) is 2.51. The zero-order valence-electron chi connectivity index (χ0n) is 14.3. The molecule has 0 atom stereocenters. The molecule has 0 bridgehead atoms. The van der Waals surface area contributed by atoms with Crippen molar-refractivity contribution in [3.63, 3.8) is 0 Å². The summed E-state index contributed by atoms with van der Waals surface area (Å²) >= 11 is 0. The summed E-state index contributed by atoms with van der Waals surface area (Å²) in [4.78, 5) is 39.6. The van der Waals surface area contributed by atoms with E-state index in [4.69, 9.17) is 0 Å². The molecule has 1 aromatic carbocycles. The number of rotatable bonds is 5. The van der Waals surface area contributed by atoms with Gasteiger partial charge in [0.1, 0.15) is 12.2 Å². The lowest BCUT2D eigenvalue weighted by molar-refractivity contribution is -0.156. The first-order valence-electron chi connectivity index (χ1n) is 7.79. The van der Waals surface area contributed by atoms with E-state index in [0.717, 1.165) is 17.0 Å². The fourth-order valence-electron chi connectivity index (χ4n) is 2.61. The molecule has 136 valence electrons. The molecule has 0 spiro atoms. The number of carbonyl (C=O) groups excluding carboxylic acids is 3. The summed E-state index contributed by atoms with van der Waals surface area (Å²) in [5, 5.41) is 2.34. The van der Waals surface area contributed by atoms with Crippen LogP contribution in [-0.4, -0.2) is 67.8 Å². The molecule has 1 fully saturated rings. The van der Waals surface area contributed by atoms with Gasteiger partial charge in [0, 0.05) is 39.4 Å². The molecule has 9 heteroatoms. The number of carbonyl (C=O) groups is 3. The second kappa shape index (κ2) is 7.45. The molecule has 1 aliphatic rings. The fraction of sp³-hybridized carbons (Fsp3) is 0.438. The standard InChI is InChI=1S/C16H20F2N4O3/c1-4-21-5-6-22(16(25)15(21)24)9-13(23)19-10-7-11(17)14(20(2)3)12(18)8-10/h7-8H,4-6,9H2,1-3H3,(H,19,23). The van der Waals surface area contributed by atoms with Gasteiger partial charge in [-0.3, -0.25) is 14.4 Å². The van der Waals surface area contributed by atoms with Crippen molar-refractivity contribution >= 4 is 29.1 Å². The molecule has 0 aromatic heterocycles. The van der Waals surface area contributed by atoms with Gasteiger partial charge in [-0.25, -0.2) is 8.78 Å². The molecular weight excluding hydrogens is 334 g/mol. The topological polar surface area (TPSA) is 73.0 Å². The third kappa shape index (κ3) is 4.04. The van der Waals surface area contributed by atoms with E-state index in [1.54, 1.807) is 6.92 Å². The first-order chi connectivity index (χ1) is 11.7. The number of hydrogen-bond donors (Lipinski definition) is 1. The van der Waals surface area contributed by atoms with Crippen molar-refractivity contribution in [1.29, 1.82) is 0 Å². The van der Waals surface area contributed by atoms with Crippen LogP contribution in [0, 0.1) is 11.6 Å². The Morgan fingerprint density at radius 3 is 2.16 bits per heavy atom. The Morgan fingerprint density at radius 2 is 1.64 bits per heavy atom. The maximum Gasteiger partial charge on any atom is 0.312 e. The van der Waals surface area contributed by atoms with E-state index in [2.05, 4.69) is 5.32 Å². The number of nitrogens with one attached hydrogen (secondary N) is 1. The van der Waals surface area contributed by atoms with Crippen LogP contribution in [0.4, 0.5) is 20.2 Å². The molecule has 1 saturated heterocycles. The van der Waals surface area contributed by atoms with E-state index in [1.165, 1.54) is 23.9 Å². The quantitative estimate of drug-likeness (QED) is 0.789. The molecule has 1 N–H and O–H groups in total. The van der Waals surface area contributed by atoms with Crippen molar-refractivity contribution in [3.05, 3.63) is 23.8 Å². The number of hydrogen-bond acceptors (Lipinski definition) is 4. The van der Waals surface area contributed by atoms with E-state index < -0.39 is 29.4 Å². The molecule has 0 radical (unpaired) electrons. The van der Waals surface area contributed by atoms with Crippen LogP contribution < -0.4 is 10.2 Å². The summed E-state index contributed by atoms with van der Waals surface area (Å²) in [7, 11) is 3.00. The molecule has 1 aliphatic heterocycles. The van der Waals surface area contributed by atoms with Crippen LogP contribution in [0.5, 0.6) is 0 Å². The van der Waals surface area contributed by atoms with Crippen molar-refractivity contribution in [3.8, 4) is 0 Å². The van der Waals surface area contributed by atoms with Gasteiger partial charge in [-0.05, 0) is 19.1 Å². The molecule has 2 rings (SSSR count). The molecule has 1 aromatic rings. The lowest BCUT2D eigenvalue weighted by Crippen LogP contribution is -2.55. The Bertz CT molecular complexity index is 686. The molecule has 25 heavy (non-hydrogen) atoms. The fourth-order valence-corrected chi connectivity index (χ4v) is 2.61. The lowest BCUT2D eigenvalue weighted by Gasteiger charge is -2.32. The highest BCUT2D eigenvalue weighted by molar-refractivity contribution is 6.35. The monoisotopic (exact) mass is 354 g/mol. The van der Waals surface area contributed by atoms with Crippen molar-refractivity contribution in [2.45, 2.75) is 6.92 Å². The van der Waals surface area contributed by atoms with Gasteiger partial charge in [-0.2, -0.15) is 0 Å². The number of halogens is 2. The molecule has 1 heterocycles. The molecule has 0 aliphatic carbocycles. The summed E-state index contributed by atoms with van der Waals surface area (Å²) < 4.78 is 27.8. The van der Waals surface area contributed by atoms with E-state index in [1.807, 2.05) is 0 Å². The highest BCUT2D eigenvalue weighted by atomic mass is 19.1. The van der Waals surface area contributed by atoms with Crippen LogP contribution in [0.3, 0.4) is 0 Å². The van der Waals surface area contributed by atoms with Gasteiger partial charge >= 0.3 is 11.8 Å². The summed E-state index contributed by atoms with van der Waals surface area (Å²) in [6.45, 7) is 2.39. The number of nitrogens with zero attached hydrogens (tertiary/aromatic N) is 3. The van der Waals surface area contributed by atoms with Crippen molar-refractivity contribution < 1.29 is 23.2 Å². The first kappa shape index (κ1) is 18.6. The third-order valence-corrected chi connectivity index (χ3v) is 3.86. The Hall–Kier alpha value is -2.71. The maximum atomic E-state index is 13.9. The van der Waals surface area contributed by atoms with Crippen molar-refractivity contribution in [2.75, 3.05) is 50.5 Å². The average molecular weight is 354 g/mol. The summed E-state index contributed by atoms with van der Waals surface area (Å²) in [6.07, 6.45) is 0. The lowest BCUT2D eigenvalue weighted by atomic mass is 10.2. The van der Waals surface area contributed by atoms with Crippen LogP contribution in [0.25, 0.3) is 0 Å². The SMILES string of the molecule is CCN1CCN(CC(=O)Nc2cc(F)c(N(C)C)c(F)c2)C(=O)C1=O. The van der Waals surface area contributed by atoms with Crippen LogP contribution >= 0.6 is 0 Å². The first-order valence-corrected chi connectivity index (χ1v) is 7.79. The van der Waals surface area contributed by atoms with Crippen LogP contribution in [0.1, 0.15) is 6.92 Å². The van der Waals surface area contributed by atoms with Gasteiger partial charge < -0.3 is 20.0 Å². The second-order valence-electron chi connectivity index (χ2n) is 5.84. The van der Waals surface area contributed by atoms with Crippen LogP contribution in [0.15, 0.2) is 12.1 Å². The minimum Gasteiger partial charge on any atom is -0.373 e. The minimum atomic E-state index is -0.817. The molecule has 0 saturated carbocycles. The van der Waals surface area contributed by atoms with Gasteiger partial charge in [0.25, 0.3) is 0 Å². The number of piperazine rings is 1. The predicted octanol–water partition coefficient (Wildman–Crippen LogP) is 0.660. The van der Waals surface area contributed by atoms with Gasteiger partial charge in [-0.1, -0.05) is 0 Å². The van der Waals surface area contributed by atoms with Gasteiger partial charge in [0.05, 0.1) is 0 Å². The highest BCUT2D eigenvalue weighted by Gasteiger charge is 2.32. The molecule has 7 nitrogen and oxygen atoms in total. The van der Waals surface area contributed by atoms with Crippen LogP contribution in [-0.2, 0) is 14.4 Å². The maximum absolute atomic E-state index is 13.9. The zero-order valence-corrected chi connectivity index (χ0v) is 14.3. The normalized spacial score (nSPS) is 14.8. The van der Waals surface area contributed by atoms with Gasteiger partial charge in [-0.15, -0.1) is 0 Å². The number of amides is 3. The van der Waals surface area contributed by atoms with E-state index in [0.29, 0.717) is 13.1 Å². The van der Waals surface area contributed by atoms with Gasteiger partial charge in [0.2, 0.25) is 5.91 Å². The smallest absolute Gasteiger partial charge is 0.312 e. The summed E-state index contributed by atoms with van der Waals surface area (Å²) in [5.41, 5.74) is -0.272. The Kier molecular flexibility index (Phi) is 5.55. The van der Waals surface area contributed by atoms with E-state index in [-0.39, 0.29) is 24.5 Å². The second-order valence-corrected chi connectivity index (χ2v) is 5.84. The molecule has 0 unspecified atom stereocenters. The summed E-state index contributed by atoms with van der Waals surface area (Å²) in [6, 6.07) is 2.00. The number of anilines is 2. The van der Waals surface area contributed by atoms with Gasteiger partial charge in [0.15, 0.2) is 11.6 Å². The molecular formula is C16H20F2N4O3. The van der Waals surface area contributed by atoms with Crippen molar-refractivity contribution in [2.24, 2.45) is 0 Å². The number of likely N-dealkylation sites (N-methyl/N-ethyl adjacent to an activating group) is 1. The Morgan fingerprint density at radius 1 is 1.12 bits per heavy atom. The molecule has 3 amide bonds. The third-order valence-electron chi connectivity index (χ3n) is 3.86. The summed E-state index contributed by atoms with van der Waals surface area (Å²) in [5.74, 6) is -3.69. The minimum absolute atomic E-state index is 0.0587. The zero-order chi connectivity index (χ0) is 18.7. The van der Waals surface area contributed by atoms with Crippen molar-refractivity contribution in [1.82, 2.24) is 9.80 Å². The van der Waals surface area contributed by atoms with E-state index in [9.17, 15) is 23.2 Å². The largest absolute Gasteiger partial charge is 0.373 e. The number of benzene rings is 1. The highest BCUT2D eigenvalue weighted by Crippen LogP contribution is 2.25. The van der Waals surface area contributed by atoms with Crippen LogP contribution in [0.2, 0.25) is 0 Å².